The Morgan fingerprint density at radius 2 is 1.33 bits per heavy atom. The average molecular weight is 310 g/mol. The number of hydrogen-bond donors (Lipinski definition) is 1. The summed E-state index contributed by atoms with van der Waals surface area (Å²) in [7, 11) is -1.40. The van der Waals surface area contributed by atoms with Gasteiger partial charge in [0.1, 0.15) is 11.6 Å². The molecule has 2 atom stereocenters. The minimum atomic E-state index is -1.40. The monoisotopic (exact) mass is 310 g/mol. The Hall–Kier alpha value is -1.59. The van der Waals surface area contributed by atoms with Gasteiger partial charge in [-0.1, -0.05) is 24.3 Å². The van der Waals surface area contributed by atoms with Gasteiger partial charge in [0.2, 0.25) is 0 Å². The molecule has 2 nitrogen and oxygen atoms in total. The highest BCUT2D eigenvalue weighted by Gasteiger charge is 2.22. The van der Waals surface area contributed by atoms with Crippen LogP contribution in [-0.4, -0.2) is 21.2 Å². The molecule has 2 rings (SSSR count). The molecule has 0 radical (unpaired) electrons. The summed E-state index contributed by atoms with van der Waals surface area (Å²) in [5, 5.41) is 8.91. The Bertz CT molecular complexity index is 564. The van der Waals surface area contributed by atoms with Crippen molar-refractivity contribution in [3.63, 3.8) is 0 Å². The van der Waals surface area contributed by atoms with Crippen LogP contribution in [0.3, 0.4) is 0 Å². The number of hydrogen-bond acceptors (Lipinski definition) is 2. The van der Waals surface area contributed by atoms with E-state index in [1.165, 1.54) is 24.3 Å². The second kappa shape index (κ2) is 6.91. The van der Waals surface area contributed by atoms with Gasteiger partial charge in [0, 0.05) is 10.8 Å². The molecule has 0 aliphatic carbocycles. The zero-order valence-corrected chi connectivity index (χ0v) is 12.3. The highest BCUT2D eigenvalue weighted by molar-refractivity contribution is 7.85. The summed E-state index contributed by atoms with van der Waals surface area (Å²) in [5.41, 5.74) is 1.34. The van der Waals surface area contributed by atoms with E-state index >= 15 is 0 Å². The molecule has 5 heteroatoms. The molecule has 0 aliphatic heterocycles. The first-order chi connectivity index (χ1) is 9.97. The molecule has 0 unspecified atom stereocenters. The van der Waals surface area contributed by atoms with Crippen LogP contribution >= 0.6 is 0 Å². The zero-order valence-electron chi connectivity index (χ0n) is 11.5. The quantitative estimate of drug-likeness (QED) is 0.921. The summed E-state index contributed by atoms with van der Waals surface area (Å²) < 4.78 is 38.6. The fourth-order valence-corrected chi connectivity index (χ4v) is 3.69. The maximum atomic E-state index is 13.1. The van der Waals surface area contributed by atoms with Crippen LogP contribution < -0.4 is 0 Å². The van der Waals surface area contributed by atoms with E-state index in [1.807, 2.05) is 0 Å². The highest BCUT2D eigenvalue weighted by Crippen LogP contribution is 2.29. The SMILES string of the molecule is C[C@@H](O)C[S@@](=O)C(c1ccc(F)cc1)c1ccc(F)cc1. The fourth-order valence-electron chi connectivity index (χ4n) is 2.11. The van der Waals surface area contributed by atoms with E-state index in [9.17, 15) is 18.1 Å². The molecule has 0 fully saturated rings. The first-order valence-electron chi connectivity index (χ1n) is 6.53. The van der Waals surface area contributed by atoms with Crippen molar-refractivity contribution in [2.24, 2.45) is 0 Å². The molecule has 0 saturated heterocycles. The minimum absolute atomic E-state index is 0.0966. The lowest BCUT2D eigenvalue weighted by Crippen LogP contribution is -2.19. The topological polar surface area (TPSA) is 37.3 Å². The number of benzene rings is 2. The normalized spacial score (nSPS) is 14.1. The first kappa shape index (κ1) is 15.8. The van der Waals surface area contributed by atoms with Gasteiger partial charge in [0.05, 0.1) is 17.1 Å². The van der Waals surface area contributed by atoms with Crippen molar-refractivity contribution in [2.75, 3.05) is 5.75 Å². The lowest BCUT2D eigenvalue weighted by Gasteiger charge is -2.18. The van der Waals surface area contributed by atoms with Gasteiger partial charge in [-0.3, -0.25) is 4.21 Å². The molecule has 0 heterocycles. The molecule has 21 heavy (non-hydrogen) atoms. The molecule has 0 aromatic heterocycles. The minimum Gasteiger partial charge on any atom is -0.392 e. The summed E-state index contributed by atoms with van der Waals surface area (Å²) in [6, 6.07) is 11.4. The van der Waals surface area contributed by atoms with Crippen molar-refractivity contribution in [1.82, 2.24) is 0 Å². The average Bonchev–Trinajstić information content (AvgIpc) is 2.42. The lowest BCUT2D eigenvalue weighted by atomic mass is 10.0. The van der Waals surface area contributed by atoms with Gasteiger partial charge >= 0.3 is 0 Å². The van der Waals surface area contributed by atoms with Crippen molar-refractivity contribution in [2.45, 2.75) is 18.3 Å². The molecule has 0 bridgehead atoms. The molecule has 0 saturated carbocycles. The smallest absolute Gasteiger partial charge is 0.123 e. The Morgan fingerprint density at radius 3 is 1.67 bits per heavy atom. The van der Waals surface area contributed by atoms with E-state index in [1.54, 1.807) is 31.2 Å². The third-order valence-corrected chi connectivity index (χ3v) is 4.89. The first-order valence-corrected chi connectivity index (χ1v) is 7.91. The predicted octanol–water partition coefficient (Wildman–Crippen LogP) is 3.18. The van der Waals surface area contributed by atoms with E-state index in [0.717, 1.165) is 0 Å². The third kappa shape index (κ3) is 4.19. The third-order valence-electron chi connectivity index (χ3n) is 3.01. The van der Waals surface area contributed by atoms with E-state index < -0.39 is 22.2 Å². The van der Waals surface area contributed by atoms with Crippen LogP contribution in [0.25, 0.3) is 0 Å². The largest absolute Gasteiger partial charge is 0.392 e. The van der Waals surface area contributed by atoms with Gasteiger partial charge in [0.15, 0.2) is 0 Å². The van der Waals surface area contributed by atoms with Crippen LogP contribution in [0.2, 0.25) is 0 Å². The van der Waals surface area contributed by atoms with Crippen molar-refractivity contribution >= 4 is 10.8 Å². The second-order valence-corrected chi connectivity index (χ2v) is 6.45. The van der Waals surface area contributed by atoms with Gasteiger partial charge in [-0.05, 0) is 42.3 Å². The Morgan fingerprint density at radius 1 is 0.952 bits per heavy atom. The Labute approximate surface area is 124 Å². The van der Waals surface area contributed by atoms with Crippen molar-refractivity contribution in [3.05, 3.63) is 71.3 Å². The van der Waals surface area contributed by atoms with E-state index in [4.69, 9.17) is 0 Å². The summed E-state index contributed by atoms with van der Waals surface area (Å²) in [4.78, 5) is 0. The van der Waals surface area contributed by atoms with Gasteiger partial charge < -0.3 is 5.11 Å². The number of rotatable bonds is 5. The van der Waals surface area contributed by atoms with Crippen LogP contribution in [0.15, 0.2) is 48.5 Å². The van der Waals surface area contributed by atoms with Gasteiger partial charge in [-0.2, -0.15) is 0 Å². The molecule has 2 aromatic carbocycles. The molecule has 0 amide bonds. The molecular formula is C16H16F2O2S. The predicted molar refractivity (Wildman–Crippen MR) is 79.3 cm³/mol. The van der Waals surface area contributed by atoms with E-state index in [2.05, 4.69) is 0 Å². The van der Waals surface area contributed by atoms with Crippen LogP contribution in [0, 0.1) is 11.6 Å². The van der Waals surface area contributed by atoms with Crippen LogP contribution in [-0.2, 0) is 10.8 Å². The number of aliphatic hydroxyl groups is 1. The molecule has 0 aliphatic rings. The van der Waals surface area contributed by atoms with Crippen LogP contribution in [0.5, 0.6) is 0 Å². The Kier molecular flexibility index (Phi) is 5.20. The number of halogens is 2. The van der Waals surface area contributed by atoms with Gasteiger partial charge in [0.25, 0.3) is 0 Å². The van der Waals surface area contributed by atoms with Crippen molar-refractivity contribution in [1.29, 1.82) is 0 Å². The molecule has 2 aromatic rings. The highest BCUT2D eigenvalue weighted by atomic mass is 32.2. The van der Waals surface area contributed by atoms with Crippen molar-refractivity contribution < 1.29 is 18.1 Å². The maximum Gasteiger partial charge on any atom is 0.123 e. The Balaban J connectivity index is 2.40. The van der Waals surface area contributed by atoms with Crippen LogP contribution in [0.1, 0.15) is 23.3 Å². The fraction of sp³-hybridized carbons (Fsp3) is 0.250. The zero-order chi connectivity index (χ0) is 15.4. The van der Waals surface area contributed by atoms with Gasteiger partial charge in [-0.25, -0.2) is 8.78 Å². The summed E-state index contributed by atoms with van der Waals surface area (Å²) in [6.07, 6.45) is -0.714. The second-order valence-electron chi connectivity index (χ2n) is 4.88. The van der Waals surface area contributed by atoms with Crippen LogP contribution in [0.4, 0.5) is 8.78 Å². The molecular weight excluding hydrogens is 294 g/mol. The molecule has 1 N–H and O–H groups in total. The van der Waals surface area contributed by atoms with E-state index in [-0.39, 0.29) is 17.4 Å². The van der Waals surface area contributed by atoms with Crippen molar-refractivity contribution in [3.8, 4) is 0 Å². The number of aliphatic hydroxyl groups excluding tert-OH is 1. The molecule has 112 valence electrons. The standard InChI is InChI=1S/C16H16F2O2S/c1-11(19)10-21(20)16(12-2-6-14(17)7-3-12)13-4-8-15(18)9-5-13/h2-9,11,16,19H,10H2,1H3/t11-,21-/m1/s1. The summed E-state index contributed by atoms with van der Waals surface area (Å²) in [5.74, 6) is -0.657. The summed E-state index contributed by atoms with van der Waals surface area (Å²) >= 11 is 0. The molecule has 0 spiro atoms. The van der Waals surface area contributed by atoms with Gasteiger partial charge in [-0.15, -0.1) is 0 Å². The van der Waals surface area contributed by atoms with E-state index in [0.29, 0.717) is 11.1 Å². The maximum absolute atomic E-state index is 13.1. The summed E-state index contributed by atoms with van der Waals surface area (Å²) in [6.45, 7) is 1.56. The lowest BCUT2D eigenvalue weighted by molar-refractivity contribution is 0.219.